The Hall–Kier alpha value is -0.830. The summed E-state index contributed by atoms with van der Waals surface area (Å²) in [7, 11) is 4.04. The van der Waals surface area contributed by atoms with E-state index in [4.69, 9.17) is 0 Å². The van der Waals surface area contributed by atoms with E-state index in [1.54, 1.807) is 0 Å². The molecule has 0 unspecified atom stereocenters. The second-order valence-electron chi connectivity index (χ2n) is 6.63. The summed E-state index contributed by atoms with van der Waals surface area (Å²) in [6, 6.07) is 2.12. The van der Waals surface area contributed by atoms with Gasteiger partial charge in [0.15, 0.2) is 5.96 Å². The van der Waals surface area contributed by atoms with Crippen LogP contribution in [0.25, 0.3) is 0 Å². The summed E-state index contributed by atoms with van der Waals surface area (Å²) in [5.41, 5.74) is 2.32. The van der Waals surface area contributed by atoms with Crippen LogP contribution in [0.5, 0.6) is 0 Å². The number of aryl methyl sites for hydroxylation is 3. The summed E-state index contributed by atoms with van der Waals surface area (Å²) in [6.07, 6.45) is 3.59. The highest BCUT2D eigenvalue weighted by Gasteiger charge is 2.16. The fraction of sp³-hybridized carbons (Fsp3) is 0.765. The van der Waals surface area contributed by atoms with E-state index in [9.17, 15) is 0 Å². The van der Waals surface area contributed by atoms with Gasteiger partial charge in [-0.2, -0.15) is 5.10 Å². The molecule has 0 atom stereocenters. The van der Waals surface area contributed by atoms with Crippen molar-refractivity contribution < 1.29 is 0 Å². The minimum absolute atomic E-state index is 0. The molecule has 0 aliphatic carbocycles. The van der Waals surface area contributed by atoms with E-state index >= 15 is 0 Å². The molecule has 1 aliphatic rings. The Morgan fingerprint density at radius 3 is 2.58 bits per heavy atom. The number of hydrogen-bond donors (Lipinski definition) is 2. The first kappa shape index (κ1) is 21.2. The Bertz CT molecular complexity index is 505. The van der Waals surface area contributed by atoms with E-state index in [0.29, 0.717) is 0 Å². The molecule has 0 aromatic carbocycles. The van der Waals surface area contributed by atoms with Crippen LogP contribution in [0.2, 0.25) is 0 Å². The molecule has 0 radical (unpaired) electrons. The van der Waals surface area contributed by atoms with Crippen LogP contribution in [0.3, 0.4) is 0 Å². The summed E-state index contributed by atoms with van der Waals surface area (Å²) in [6.45, 7) is 9.43. The van der Waals surface area contributed by atoms with Gasteiger partial charge in [-0.3, -0.25) is 9.67 Å². The fourth-order valence-electron chi connectivity index (χ4n) is 3.06. The monoisotopic (exact) mass is 448 g/mol. The molecule has 0 bridgehead atoms. The first-order valence-electron chi connectivity index (χ1n) is 8.72. The molecule has 1 aromatic rings. The molecular weight excluding hydrogens is 415 g/mol. The zero-order valence-electron chi connectivity index (χ0n) is 15.5. The van der Waals surface area contributed by atoms with Gasteiger partial charge in [-0.15, -0.1) is 24.0 Å². The minimum Gasteiger partial charge on any atom is -0.356 e. The molecule has 6 nitrogen and oxygen atoms in total. The number of piperidine rings is 1. The first-order valence-corrected chi connectivity index (χ1v) is 8.72. The van der Waals surface area contributed by atoms with Crippen LogP contribution in [0.4, 0.5) is 0 Å². The van der Waals surface area contributed by atoms with Crippen molar-refractivity contribution >= 4 is 29.9 Å². The lowest BCUT2D eigenvalue weighted by Crippen LogP contribution is -2.42. The number of halogens is 1. The number of rotatable bonds is 6. The Labute approximate surface area is 163 Å². The average molecular weight is 448 g/mol. The van der Waals surface area contributed by atoms with Crippen LogP contribution in [-0.4, -0.2) is 60.9 Å². The third-order valence-electron chi connectivity index (χ3n) is 4.56. The lowest BCUT2D eigenvalue weighted by Gasteiger charge is -2.29. The fourth-order valence-corrected chi connectivity index (χ4v) is 3.06. The highest BCUT2D eigenvalue weighted by Crippen LogP contribution is 2.14. The number of hydrogen-bond acceptors (Lipinski definition) is 3. The maximum Gasteiger partial charge on any atom is 0.190 e. The summed E-state index contributed by atoms with van der Waals surface area (Å²) >= 11 is 0. The predicted molar refractivity (Wildman–Crippen MR) is 111 cm³/mol. The molecule has 0 spiro atoms. The van der Waals surface area contributed by atoms with Gasteiger partial charge in [0, 0.05) is 32.4 Å². The molecule has 2 heterocycles. The van der Waals surface area contributed by atoms with E-state index in [1.165, 1.54) is 31.6 Å². The molecule has 2 N–H and O–H groups in total. The SMILES string of the molecule is CN=C(NCCCn1nc(C)cc1C)NCC1CCN(C)CC1.I. The molecular formula is C17H33IN6. The topological polar surface area (TPSA) is 57.5 Å². The molecule has 1 aromatic heterocycles. The quantitative estimate of drug-likeness (QED) is 0.303. The van der Waals surface area contributed by atoms with Crippen molar-refractivity contribution in [2.45, 2.75) is 39.7 Å². The Kier molecular flexibility index (Phi) is 9.65. The van der Waals surface area contributed by atoms with Crippen molar-refractivity contribution in [1.29, 1.82) is 0 Å². The standard InChI is InChI=1S/C17H32N6.HI/c1-14-12-15(2)23(21-14)9-5-8-19-17(18-3)20-13-16-6-10-22(4)11-7-16;/h12,16H,5-11,13H2,1-4H3,(H2,18,19,20);1H. The van der Waals surface area contributed by atoms with E-state index in [2.05, 4.69) is 50.3 Å². The molecule has 1 fully saturated rings. The first-order chi connectivity index (χ1) is 11.1. The number of likely N-dealkylation sites (tertiary alicyclic amines) is 1. The largest absolute Gasteiger partial charge is 0.356 e. The summed E-state index contributed by atoms with van der Waals surface area (Å²) in [5.74, 6) is 1.68. The second-order valence-corrected chi connectivity index (χ2v) is 6.63. The van der Waals surface area contributed by atoms with Crippen molar-refractivity contribution in [1.82, 2.24) is 25.3 Å². The zero-order chi connectivity index (χ0) is 16.7. The molecule has 0 saturated carbocycles. The third kappa shape index (κ3) is 6.96. The van der Waals surface area contributed by atoms with Crippen molar-refractivity contribution in [3.63, 3.8) is 0 Å². The summed E-state index contributed by atoms with van der Waals surface area (Å²) < 4.78 is 2.08. The van der Waals surface area contributed by atoms with Crippen LogP contribution >= 0.6 is 24.0 Å². The van der Waals surface area contributed by atoms with Crippen LogP contribution in [-0.2, 0) is 6.54 Å². The Morgan fingerprint density at radius 2 is 2.00 bits per heavy atom. The lowest BCUT2D eigenvalue weighted by molar-refractivity contribution is 0.220. The molecule has 1 aliphatic heterocycles. The van der Waals surface area contributed by atoms with Gasteiger partial charge in [-0.1, -0.05) is 0 Å². The van der Waals surface area contributed by atoms with Crippen LogP contribution in [0, 0.1) is 19.8 Å². The number of aliphatic imine (C=N–C) groups is 1. The normalized spacial score (nSPS) is 16.8. The van der Waals surface area contributed by atoms with Crippen LogP contribution in [0.1, 0.15) is 30.7 Å². The predicted octanol–water partition coefficient (Wildman–Crippen LogP) is 2.01. The van der Waals surface area contributed by atoms with E-state index in [-0.39, 0.29) is 24.0 Å². The highest BCUT2D eigenvalue weighted by molar-refractivity contribution is 14.0. The average Bonchev–Trinajstić information content (AvgIpc) is 2.86. The molecule has 1 saturated heterocycles. The van der Waals surface area contributed by atoms with Gasteiger partial charge in [0.25, 0.3) is 0 Å². The van der Waals surface area contributed by atoms with Gasteiger partial charge in [0.05, 0.1) is 5.69 Å². The summed E-state index contributed by atoms with van der Waals surface area (Å²) in [4.78, 5) is 6.72. The van der Waals surface area contributed by atoms with E-state index < -0.39 is 0 Å². The molecule has 138 valence electrons. The third-order valence-corrected chi connectivity index (χ3v) is 4.56. The van der Waals surface area contributed by atoms with Gasteiger partial charge < -0.3 is 15.5 Å². The molecule has 24 heavy (non-hydrogen) atoms. The Morgan fingerprint density at radius 1 is 1.29 bits per heavy atom. The van der Waals surface area contributed by atoms with Crippen molar-refractivity contribution in [3.05, 3.63) is 17.5 Å². The van der Waals surface area contributed by atoms with Crippen LogP contribution < -0.4 is 10.6 Å². The molecule has 2 rings (SSSR count). The Balaban J connectivity index is 0.00000288. The zero-order valence-corrected chi connectivity index (χ0v) is 17.8. The molecule has 7 heteroatoms. The van der Waals surface area contributed by atoms with Crippen LogP contribution in [0.15, 0.2) is 11.1 Å². The maximum atomic E-state index is 4.49. The van der Waals surface area contributed by atoms with Gasteiger partial charge in [-0.05, 0) is 65.2 Å². The van der Waals surface area contributed by atoms with Crippen molar-refractivity contribution in [3.8, 4) is 0 Å². The smallest absolute Gasteiger partial charge is 0.190 e. The number of nitrogens with zero attached hydrogens (tertiary/aromatic N) is 4. The number of nitrogens with one attached hydrogen (secondary N) is 2. The number of aromatic nitrogens is 2. The number of guanidine groups is 1. The summed E-state index contributed by atoms with van der Waals surface area (Å²) in [5, 5.41) is 11.4. The second kappa shape index (κ2) is 10.9. The van der Waals surface area contributed by atoms with Crippen molar-refractivity contribution in [2.24, 2.45) is 10.9 Å². The lowest BCUT2D eigenvalue weighted by atomic mass is 9.97. The van der Waals surface area contributed by atoms with E-state index in [1.807, 2.05) is 14.0 Å². The van der Waals surface area contributed by atoms with Crippen molar-refractivity contribution in [2.75, 3.05) is 40.3 Å². The van der Waals surface area contributed by atoms with Gasteiger partial charge in [0.2, 0.25) is 0 Å². The van der Waals surface area contributed by atoms with E-state index in [0.717, 1.165) is 43.6 Å². The van der Waals surface area contributed by atoms with Gasteiger partial charge in [0.1, 0.15) is 0 Å². The van der Waals surface area contributed by atoms with Gasteiger partial charge in [-0.25, -0.2) is 0 Å². The van der Waals surface area contributed by atoms with Gasteiger partial charge >= 0.3 is 0 Å². The molecule has 0 amide bonds. The highest BCUT2D eigenvalue weighted by atomic mass is 127. The maximum absolute atomic E-state index is 4.49. The minimum atomic E-state index is 0.